The van der Waals surface area contributed by atoms with Crippen LogP contribution >= 0.6 is 0 Å². The molecule has 4 nitrogen and oxygen atoms in total. The molecule has 2 aliphatic rings. The minimum absolute atomic E-state index is 0.00338. The van der Waals surface area contributed by atoms with Gasteiger partial charge < -0.3 is 14.2 Å². The van der Waals surface area contributed by atoms with Crippen molar-refractivity contribution in [3.8, 4) is 17.2 Å². The van der Waals surface area contributed by atoms with Crippen molar-refractivity contribution < 1.29 is 19.0 Å². The third-order valence-corrected chi connectivity index (χ3v) is 3.95. The maximum atomic E-state index is 11.9. The van der Waals surface area contributed by atoms with Gasteiger partial charge in [0.2, 0.25) is 6.79 Å². The van der Waals surface area contributed by atoms with Gasteiger partial charge in [0.1, 0.15) is 5.75 Å². The zero-order valence-electron chi connectivity index (χ0n) is 11.6. The third-order valence-electron chi connectivity index (χ3n) is 3.95. The second-order valence-corrected chi connectivity index (χ2v) is 5.38. The zero-order chi connectivity index (χ0) is 14.4. The van der Waals surface area contributed by atoms with Crippen molar-refractivity contribution in [2.45, 2.75) is 19.3 Å². The average molecular weight is 282 g/mol. The summed E-state index contributed by atoms with van der Waals surface area (Å²) in [6, 6.07) is 11.9. The topological polar surface area (TPSA) is 44.8 Å². The summed E-state index contributed by atoms with van der Waals surface area (Å²) in [5, 5.41) is 0. The molecule has 2 aromatic carbocycles. The molecule has 4 rings (SSSR count). The van der Waals surface area contributed by atoms with E-state index >= 15 is 0 Å². The number of hydrogen-bond donors (Lipinski definition) is 0. The van der Waals surface area contributed by atoms with Crippen LogP contribution in [0.4, 0.5) is 0 Å². The highest BCUT2D eigenvalue weighted by Gasteiger charge is 2.31. The summed E-state index contributed by atoms with van der Waals surface area (Å²) >= 11 is 0. The number of carbonyl (C=O) groups is 1. The van der Waals surface area contributed by atoms with E-state index in [1.54, 1.807) is 6.07 Å². The summed E-state index contributed by atoms with van der Waals surface area (Å²) in [6.07, 6.45) is 0.343. The van der Waals surface area contributed by atoms with E-state index in [0.29, 0.717) is 23.7 Å². The van der Waals surface area contributed by atoms with Crippen molar-refractivity contribution in [1.29, 1.82) is 0 Å². The first-order valence-electron chi connectivity index (χ1n) is 6.91. The summed E-state index contributed by atoms with van der Waals surface area (Å²) in [5.74, 6) is 1.69. The maximum absolute atomic E-state index is 11.9. The van der Waals surface area contributed by atoms with Gasteiger partial charge in [0.05, 0.1) is 6.42 Å². The minimum atomic E-state index is -0.216. The zero-order valence-corrected chi connectivity index (χ0v) is 11.6. The van der Waals surface area contributed by atoms with Gasteiger partial charge in [-0.05, 0) is 18.6 Å². The Bertz CT molecular complexity index is 718. The molecule has 0 N–H and O–H groups in total. The second-order valence-electron chi connectivity index (χ2n) is 5.38. The largest absolute Gasteiger partial charge is 0.454 e. The van der Waals surface area contributed by atoms with Gasteiger partial charge in [-0.1, -0.05) is 29.8 Å². The van der Waals surface area contributed by atoms with Gasteiger partial charge in [-0.3, -0.25) is 4.79 Å². The number of benzene rings is 2. The first kappa shape index (κ1) is 12.3. The molecule has 0 aromatic heterocycles. The maximum Gasteiger partial charge on any atom is 0.312 e. The molecule has 0 radical (unpaired) electrons. The molecule has 2 heterocycles. The van der Waals surface area contributed by atoms with Crippen LogP contribution in [0.3, 0.4) is 0 Å². The summed E-state index contributed by atoms with van der Waals surface area (Å²) < 4.78 is 16.1. The van der Waals surface area contributed by atoms with E-state index in [0.717, 1.165) is 11.1 Å². The number of carbonyl (C=O) groups excluding carboxylic acids is 1. The van der Waals surface area contributed by atoms with Gasteiger partial charge in [-0.2, -0.15) is 0 Å². The van der Waals surface area contributed by atoms with Crippen LogP contribution in [-0.2, 0) is 4.79 Å². The van der Waals surface area contributed by atoms with Crippen molar-refractivity contribution in [2.75, 3.05) is 6.79 Å². The van der Waals surface area contributed by atoms with Crippen molar-refractivity contribution in [3.05, 3.63) is 53.1 Å². The molecule has 0 aliphatic carbocycles. The Balaban J connectivity index is 1.83. The Hall–Kier alpha value is -2.49. The summed E-state index contributed by atoms with van der Waals surface area (Å²) in [4.78, 5) is 11.9. The molecule has 106 valence electrons. The molecule has 0 amide bonds. The molecule has 0 fully saturated rings. The standard InChI is InChI=1S/C17H14O4/c1-10-2-4-11(5-3-10)12-7-17(18)21-14-8-16-15(6-13(12)14)19-9-20-16/h2-6,8,12H,7,9H2,1H3. The van der Waals surface area contributed by atoms with Crippen LogP contribution in [0.2, 0.25) is 0 Å². The molecule has 0 spiro atoms. The molecule has 1 atom stereocenters. The second kappa shape index (κ2) is 4.52. The number of aryl methyl sites for hydroxylation is 1. The quantitative estimate of drug-likeness (QED) is 0.595. The Kier molecular flexibility index (Phi) is 2.64. The van der Waals surface area contributed by atoms with Crippen LogP contribution in [-0.4, -0.2) is 12.8 Å². The normalized spacial score (nSPS) is 19.1. The lowest BCUT2D eigenvalue weighted by molar-refractivity contribution is -0.135. The van der Waals surface area contributed by atoms with E-state index in [-0.39, 0.29) is 18.7 Å². The predicted octanol–water partition coefficient (Wildman–Crippen LogP) is 3.16. The van der Waals surface area contributed by atoms with E-state index in [1.807, 2.05) is 13.0 Å². The van der Waals surface area contributed by atoms with E-state index in [1.165, 1.54) is 5.56 Å². The van der Waals surface area contributed by atoms with Crippen molar-refractivity contribution in [3.63, 3.8) is 0 Å². The highest BCUT2D eigenvalue weighted by molar-refractivity contribution is 5.78. The summed E-state index contributed by atoms with van der Waals surface area (Å²) in [6.45, 7) is 2.26. The lowest BCUT2D eigenvalue weighted by Gasteiger charge is -2.25. The van der Waals surface area contributed by atoms with Crippen LogP contribution < -0.4 is 14.2 Å². The van der Waals surface area contributed by atoms with Gasteiger partial charge in [0.15, 0.2) is 11.5 Å². The smallest absolute Gasteiger partial charge is 0.312 e. The lowest BCUT2D eigenvalue weighted by Crippen LogP contribution is -2.20. The molecule has 4 heteroatoms. The Morgan fingerprint density at radius 2 is 1.71 bits per heavy atom. The molecule has 0 saturated heterocycles. The van der Waals surface area contributed by atoms with E-state index in [4.69, 9.17) is 14.2 Å². The molecule has 2 aliphatic heterocycles. The molecule has 0 bridgehead atoms. The van der Waals surface area contributed by atoms with Gasteiger partial charge >= 0.3 is 5.97 Å². The number of rotatable bonds is 1. The molecule has 2 aromatic rings. The number of ether oxygens (including phenoxy) is 3. The average Bonchev–Trinajstić information content (AvgIpc) is 2.92. The SMILES string of the molecule is Cc1ccc(C2CC(=O)Oc3cc4c(cc32)OCO4)cc1. The Labute approximate surface area is 122 Å². The molecule has 21 heavy (non-hydrogen) atoms. The molecular formula is C17H14O4. The van der Waals surface area contributed by atoms with Crippen LogP contribution in [0.1, 0.15) is 29.0 Å². The fourth-order valence-electron chi connectivity index (χ4n) is 2.84. The van der Waals surface area contributed by atoms with Crippen molar-refractivity contribution >= 4 is 5.97 Å². The fraction of sp³-hybridized carbons (Fsp3) is 0.235. The van der Waals surface area contributed by atoms with Crippen molar-refractivity contribution in [2.24, 2.45) is 0 Å². The van der Waals surface area contributed by atoms with E-state index in [2.05, 4.69) is 24.3 Å². The number of esters is 1. The lowest BCUT2D eigenvalue weighted by atomic mass is 9.86. The highest BCUT2D eigenvalue weighted by atomic mass is 16.7. The number of fused-ring (bicyclic) bond motifs is 2. The summed E-state index contributed by atoms with van der Waals surface area (Å²) in [5.41, 5.74) is 3.28. The first-order chi connectivity index (χ1) is 10.2. The van der Waals surface area contributed by atoms with Gasteiger partial charge in [0, 0.05) is 17.5 Å². The molecular weight excluding hydrogens is 268 g/mol. The Morgan fingerprint density at radius 3 is 2.48 bits per heavy atom. The van der Waals surface area contributed by atoms with Crippen LogP contribution in [0.5, 0.6) is 17.2 Å². The highest BCUT2D eigenvalue weighted by Crippen LogP contribution is 2.45. The van der Waals surface area contributed by atoms with E-state index < -0.39 is 0 Å². The fourth-order valence-corrected chi connectivity index (χ4v) is 2.84. The predicted molar refractivity (Wildman–Crippen MR) is 75.8 cm³/mol. The molecule has 0 saturated carbocycles. The van der Waals surface area contributed by atoms with Gasteiger partial charge in [-0.15, -0.1) is 0 Å². The third kappa shape index (κ3) is 2.03. The monoisotopic (exact) mass is 282 g/mol. The van der Waals surface area contributed by atoms with Gasteiger partial charge in [-0.25, -0.2) is 0 Å². The first-order valence-corrected chi connectivity index (χ1v) is 6.91. The molecule has 1 unspecified atom stereocenters. The van der Waals surface area contributed by atoms with Crippen molar-refractivity contribution in [1.82, 2.24) is 0 Å². The van der Waals surface area contributed by atoms with Crippen LogP contribution in [0.25, 0.3) is 0 Å². The Morgan fingerprint density at radius 1 is 1.00 bits per heavy atom. The minimum Gasteiger partial charge on any atom is -0.454 e. The van der Waals surface area contributed by atoms with Crippen LogP contribution in [0.15, 0.2) is 36.4 Å². The van der Waals surface area contributed by atoms with E-state index in [9.17, 15) is 4.79 Å². The van der Waals surface area contributed by atoms with Gasteiger partial charge in [0.25, 0.3) is 0 Å². The number of hydrogen-bond acceptors (Lipinski definition) is 4. The summed E-state index contributed by atoms with van der Waals surface area (Å²) in [7, 11) is 0. The van der Waals surface area contributed by atoms with Crippen LogP contribution in [0, 0.1) is 6.92 Å².